The van der Waals surface area contributed by atoms with Gasteiger partial charge in [0.1, 0.15) is 0 Å². The van der Waals surface area contributed by atoms with Gasteiger partial charge in [-0.15, -0.1) is 0 Å². The number of rotatable bonds is 2. The van der Waals surface area contributed by atoms with E-state index in [1.807, 2.05) is 0 Å². The Hall–Kier alpha value is -1.59. The second-order valence-electron chi connectivity index (χ2n) is 5.88. The van der Waals surface area contributed by atoms with Crippen LogP contribution in [0.5, 0.6) is 0 Å². The van der Waals surface area contributed by atoms with Crippen molar-refractivity contribution in [2.75, 3.05) is 26.7 Å². The average Bonchev–Trinajstić information content (AvgIpc) is 2.76. The summed E-state index contributed by atoms with van der Waals surface area (Å²) < 4.78 is 0. The van der Waals surface area contributed by atoms with Crippen molar-refractivity contribution in [3.63, 3.8) is 0 Å². The first kappa shape index (κ1) is 13.8. The van der Waals surface area contributed by atoms with Gasteiger partial charge in [-0.3, -0.25) is 14.4 Å². The van der Waals surface area contributed by atoms with E-state index in [1.54, 1.807) is 23.8 Å². The highest BCUT2D eigenvalue weighted by Gasteiger charge is 2.44. The van der Waals surface area contributed by atoms with Gasteiger partial charge in [0.25, 0.3) is 0 Å². The lowest BCUT2D eigenvalue weighted by atomic mass is 9.90. The molecule has 1 N–H and O–H groups in total. The van der Waals surface area contributed by atoms with Gasteiger partial charge in [-0.05, 0) is 19.8 Å². The molecule has 2 aliphatic heterocycles. The van der Waals surface area contributed by atoms with Crippen LogP contribution in [0.3, 0.4) is 0 Å². The molecule has 0 aromatic carbocycles. The minimum Gasteiger partial charge on any atom is -0.481 e. The number of carbonyl (C=O) groups excluding carboxylic acids is 2. The molecule has 2 unspecified atom stereocenters. The van der Waals surface area contributed by atoms with Crippen molar-refractivity contribution in [2.45, 2.75) is 26.2 Å². The molecule has 6 heteroatoms. The first-order valence-electron chi connectivity index (χ1n) is 6.59. The zero-order valence-corrected chi connectivity index (χ0v) is 11.4. The van der Waals surface area contributed by atoms with Crippen molar-refractivity contribution in [2.24, 2.45) is 11.3 Å². The van der Waals surface area contributed by atoms with E-state index in [-0.39, 0.29) is 30.7 Å². The number of amides is 2. The Balaban J connectivity index is 1.98. The second-order valence-corrected chi connectivity index (χ2v) is 5.88. The quantitative estimate of drug-likeness (QED) is 0.775. The number of hydrogen-bond donors (Lipinski definition) is 1. The van der Waals surface area contributed by atoms with Crippen LogP contribution in [0.1, 0.15) is 26.2 Å². The van der Waals surface area contributed by atoms with Crippen LogP contribution < -0.4 is 0 Å². The number of nitrogens with zero attached hydrogens (tertiary/aromatic N) is 2. The predicted octanol–water partition coefficient (Wildman–Crippen LogP) is 0.178. The molecule has 2 heterocycles. The maximum Gasteiger partial charge on any atom is 0.311 e. The minimum atomic E-state index is -0.859. The summed E-state index contributed by atoms with van der Waals surface area (Å²) >= 11 is 0. The average molecular weight is 268 g/mol. The number of likely N-dealkylation sites (tertiary alicyclic amines) is 2. The lowest BCUT2D eigenvalue weighted by Gasteiger charge is -2.31. The maximum absolute atomic E-state index is 12.3. The lowest BCUT2D eigenvalue weighted by molar-refractivity contribution is -0.148. The molecule has 0 aromatic heterocycles. The Morgan fingerprint density at radius 1 is 1.37 bits per heavy atom. The third-order valence-corrected chi connectivity index (χ3v) is 4.31. The van der Waals surface area contributed by atoms with Gasteiger partial charge < -0.3 is 14.9 Å². The smallest absolute Gasteiger partial charge is 0.311 e. The Labute approximate surface area is 112 Å². The molecule has 2 aliphatic rings. The Bertz CT molecular complexity index is 423. The molecular weight excluding hydrogens is 248 g/mol. The van der Waals surface area contributed by atoms with Crippen molar-refractivity contribution in [1.29, 1.82) is 0 Å². The largest absolute Gasteiger partial charge is 0.481 e. The van der Waals surface area contributed by atoms with Crippen molar-refractivity contribution in [3.05, 3.63) is 0 Å². The van der Waals surface area contributed by atoms with Gasteiger partial charge in [-0.1, -0.05) is 0 Å². The van der Waals surface area contributed by atoms with Gasteiger partial charge in [0.05, 0.1) is 5.41 Å². The van der Waals surface area contributed by atoms with Crippen LogP contribution in [0.15, 0.2) is 0 Å². The fourth-order valence-electron chi connectivity index (χ4n) is 2.74. The maximum atomic E-state index is 12.3. The standard InChI is InChI=1S/C13H20N2O4/c1-13(12(18)19)4-6-15(8-13)11(17)9-3-5-14(2)10(16)7-9/h9H,3-8H2,1-2H3,(H,18,19). The van der Waals surface area contributed by atoms with Gasteiger partial charge in [0.2, 0.25) is 11.8 Å². The summed E-state index contributed by atoms with van der Waals surface area (Å²) in [5, 5.41) is 9.16. The number of carboxylic acid groups (broad SMARTS) is 1. The number of carboxylic acids is 1. The molecule has 6 nitrogen and oxygen atoms in total. The molecule has 0 bridgehead atoms. The van der Waals surface area contributed by atoms with E-state index >= 15 is 0 Å². The van der Waals surface area contributed by atoms with Crippen LogP contribution in [0, 0.1) is 11.3 Å². The summed E-state index contributed by atoms with van der Waals surface area (Å²) in [6, 6.07) is 0. The van der Waals surface area contributed by atoms with E-state index in [1.165, 1.54) is 0 Å². The van der Waals surface area contributed by atoms with Gasteiger partial charge in [0, 0.05) is 39.0 Å². The fraction of sp³-hybridized carbons (Fsp3) is 0.769. The molecule has 2 amide bonds. The molecule has 0 spiro atoms. The molecule has 19 heavy (non-hydrogen) atoms. The number of aliphatic carboxylic acids is 1. The summed E-state index contributed by atoms with van der Waals surface area (Å²) in [5.74, 6) is -1.21. The molecule has 0 aliphatic carbocycles. The number of carbonyl (C=O) groups is 3. The highest BCUT2D eigenvalue weighted by Crippen LogP contribution is 2.32. The van der Waals surface area contributed by atoms with Crippen LogP contribution in [0.4, 0.5) is 0 Å². The van der Waals surface area contributed by atoms with Gasteiger partial charge in [-0.25, -0.2) is 0 Å². The van der Waals surface area contributed by atoms with Crippen molar-refractivity contribution in [1.82, 2.24) is 9.80 Å². The van der Waals surface area contributed by atoms with Crippen LogP contribution in [0.2, 0.25) is 0 Å². The number of hydrogen-bond acceptors (Lipinski definition) is 3. The van der Waals surface area contributed by atoms with Gasteiger partial charge >= 0.3 is 5.97 Å². The molecule has 2 rings (SSSR count). The SMILES string of the molecule is CN1CCC(C(=O)N2CCC(C)(C(=O)O)C2)CC1=O. The van der Waals surface area contributed by atoms with Gasteiger partial charge in [0.15, 0.2) is 0 Å². The van der Waals surface area contributed by atoms with Crippen LogP contribution in [0.25, 0.3) is 0 Å². The van der Waals surface area contributed by atoms with Crippen molar-refractivity contribution < 1.29 is 19.5 Å². The first-order valence-corrected chi connectivity index (χ1v) is 6.59. The summed E-state index contributed by atoms with van der Waals surface area (Å²) in [7, 11) is 1.74. The topological polar surface area (TPSA) is 77.9 Å². The Morgan fingerprint density at radius 3 is 2.58 bits per heavy atom. The molecule has 0 saturated carbocycles. The zero-order valence-electron chi connectivity index (χ0n) is 11.4. The van der Waals surface area contributed by atoms with E-state index in [4.69, 9.17) is 5.11 Å². The Morgan fingerprint density at radius 2 is 2.05 bits per heavy atom. The monoisotopic (exact) mass is 268 g/mol. The number of piperidine rings is 1. The van der Waals surface area contributed by atoms with E-state index in [9.17, 15) is 14.4 Å². The van der Waals surface area contributed by atoms with E-state index in [0.29, 0.717) is 25.9 Å². The molecule has 2 atom stereocenters. The third kappa shape index (κ3) is 2.57. The van der Waals surface area contributed by atoms with Crippen LogP contribution >= 0.6 is 0 Å². The summed E-state index contributed by atoms with van der Waals surface area (Å²) in [5.41, 5.74) is -0.842. The van der Waals surface area contributed by atoms with Crippen molar-refractivity contribution in [3.8, 4) is 0 Å². The van der Waals surface area contributed by atoms with Gasteiger partial charge in [-0.2, -0.15) is 0 Å². The first-order chi connectivity index (χ1) is 8.83. The molecular formula is C13H20N2O4. The second kappa shape index (κ2) is 4.83. The fourth-order valence-corrected chi connectivity index (χ4v) is 2.74. The molecule has 2 saturated heterocycles. The molecule has 0 aromatic rings. The summed E-state index contributed by atoms with van der Waals surface area (Å²) in [6.07, 6.45) is 1.39. The van der Waals surface area contributed by atoms with Crippen molar-refractivity contribution >= 4 is 17.8 Å². The van der Waals surface area contributed by atoms with E-state index in [2.05, 4.69) is 0 Å². The third-order valence-electron chi connectivity index (χ3n) is 4.31. The molecule has 2 fully saturated rings. The molecule has 106 valence electrons. The minimum absolute atomic E-state index is 0.00945. The summed E-state index contributed by atoms with van der Waals surface area (Å²) in [6.45, 7) is 2.99. The van der Waals surface area contributed by atoms with E-state index < -0.39 is 11.4 Å². The summed E-state index contributed by atoms with van der Waals surface area (Å²) in [4.78, 5) is 38.4. The highest BCUT2D eigenvalue weighted by atomic mass is 16.4. The van der Waals surface area contributed by atoms with Crippen LogP contribution in [-0.4, -0.2) is 59.4 Å². The predicted molar refractivity (Wildman–Crippen MR) is 67.3 cm³/mol. The zero-order chi connectivity index (χ0) is 14.2. The molecule has 0 radical (unpaired) electrons. The van der Waals surface area contributed by atoms with E-state index in [0.717, 1.165) is 0 Å². The van der Waals surface area contributed by atoms with Crippen LogP contribution in [-0.2, 0) is 14.4 Å². The Kier molecular flexibility index (Phi) is 3.52. The normalized spacial score (nSPS) is 31.7. The lowest BCUT2D eigenvalue weighted by Crippen LogP contribution is -2.44. The highest BCUT2D eigenvalue weighted by molar-refractivity contribution is 5.87.